The van der Waals surface area contributed by atoms with Gasteiger partial charge in [0.2, 0.25) is 0 Å². The molecule has 3 aromatic rings. The van der Waals surface area contributed by atoms with Crippen molar-refractivity contribution in [2.24, 2.45) is 0 Å². The number of benzene rings is 1. The molecule has 0 saturated heterocycles. The molecule has 114 valence electrons. The summed E-state index contributed by atoms with van der Waals surface area (Å²) in [5.74, 6) is -0.585. The number of nitriles is 1. The number of para-hydroxylation sites is 2. The van der Waals surface area contributed by atoms with Crippen molar-refractivity contribution in [2.45, 2.75) is 31.6 Å². The van der Waals surface area contributed by atoms with Crippen LogP contribution >= 0.6 is 11.3 Å². The topological polar surface area (TPSA) is 69.5 Å². The minimum Gasteiger partial charge on any atom is -0.340 e. The number of ketones is 1. The van der Waals surface area contributed by atoms with E-state index in [0.29, 0.717) is 10.7 Å². The number of aromatic amines is 1. The first-order valence-electron chi connectivity index (χ1n) is 7.76. The molecular weight excluding hydrogens is 306 g/mol. The van der Waals surface area contributed by atoms with E-state index in [4.69, 9.17) is 0 Å². The molecule has 0 bridgehead atoms. The summed E-state index contributed by atoms with van der Waals surface area (Å²) in [4.78, 5) is 22.3. The molecule has 4 rings (SSSR count). The molecule has 2 heterocycles. The molecule has 1 aliphatic rings. The highest BCUT2D eigenvalue weighted by molar-refractivity contribution is 7.14. The van der Waals surface area contributed by atoms with Crippen LogP contribution < -0.4 is 0 Å². The van der Waals surface area contributed by atoms with Gasteiger partial charge in [-0.1, -0.05) is 12.1 Å². The predicted molar refractivity (Wildman–Crippen MR) is 89.7 cm³/mol. The van der Waals surface area contributed by atoms with E-state index in [1.807, 2.05) is 30.3 Å². The van der Waals surface area contributed by atoms with Crippen LogP contribution in [-0.2, 0) is 12.8 Å². The highest BCUT2D eigenvalue weighted by atomic mass is 32.1. The second-order valence-corrected chi connectivity index (χ2v) is 6.97. The molecule has 1 N–H and O–H groups in total. The van der Waals surface area contributed by atoms with Crippen LogP contribution in [0.5, 0.6) is 0 Å². The fourth-order valence-corrected chi connectivity index (χ4v) is 4.33. The van der Waals surface area contributed by atoms with Gasteiger partial charge < -0.3 is 4.98 Å². The first-order valence-corrected chi connectivity index (χ1v) is 8.58. The Morgan fingerprint density at radius 3 is 2.91 bits per heavy atom. The monoisotopic (exact) mass is 321 g/mol. The van der Waals surface area contributed by atoms with Gasteiger partial charge in [0, 0.05) is 4.88 Å². The first kappa shape index (κ1) is 14.2. The minimum atomic E-state index is -0.873. The summed E-state index contributed by atoms with van der Waals surface area (Å²) in [7, 11) is 0. The molecule has 1 atom stereocenters. The molecule has 0 radical (unpaired) electrons. The summed E-state index contributed by atoms with van der Waals surface area (Å²) in [6.45, 7) is 0. The number of rotatable bonds is 3. The number of nitrogens with one attached hydrogen (secondary N) is 1. The fourth-order valence-electron chi connectivity index (χ4n) is 3.11. The Kier molecular flexibility index (Phi) is 3.47. The summed E-state index contributed by atoms with van der Waals surface area (Å²) in [5, 5.41) is 9.51. The highest BCUT2D eigenvalue weighted by Crippen LogP contribution is 2.32. The molecule has 1 aliphatic carbocycles. The molecule has 1 unspecified atom stereocenters. The minimum absolute atomic E-state index is 0.147. The number of thiophene rings is 1. The van der Waals surface area contributed by atoms with E-state index in [0.717, 1.165) is 23.9 Å². The van der Waals surface area contributed by atoms with E-state index in [-0.39, 0.29) is 5.78 Å². The van der Waals surface area contributed by atoms with Crippen LogP contribution in [0.4, 0.5) is 0 Å². The summed E-state index contributed by atoms with van der Waals surface area (Å²) in [6, 6.07) is 11.7. The molecular formula is C18H15N3OS. The third-order valence-corrected chi connectivity index (χ3v) is 5.56. The lowest BCUT2D eigenvalue weighted by Gasteiger charge is -2.08. The molecule has 0 spiro atoms. The number of imidazole rings is 1. The van der Waals surface area contributed by atoms with Crippen LogP contribution in [-0.4, -0.2) is 15.8 Å². The second kappa shape index (κ2) is 5.64. The van der Waals surface area contributed by atoms with Crippen LogP contribution in [0.15, 0.2) is 30.3 Å². The van der Waals surface area contributed by atoms with E-state index in [1.54, 1.807) is 11.3 Å². The maximum atomic E-state index is 12.8. The van der Waals surface area contributed by atoms with Gasteiger partial charge in [-0.25, -0.2) is 4.98 Å². The van der Waals surface area contributed by atoms with Crippen molar-refractivity contribution in [1.29, 1.82) is 5.26 Å². The lowest BCUT2D eigenvalue weighted by atomic mass is 9.97. The number of hydrogen-bond acceptors (Lipinski definition) is 4. The van der Waals surface area contributed by atoms with Crippen LogP contribution in [0.3, 0.4) is 0 Å². The quantitative estimate of drug-likeness (QED) is 0.741. The Labute approximate surface area is 137 Å². The molecule has 5 heteroatoms. The average Bonchev–Trinajstić information content (AvgIpc) is 3.19. The van der Waals surface area contributed by atoms with Gasteiger partial charge in [0.1, 0.15) is 5.82 Å². The van der Waals surface area contributed by atoms with E-state index >= 15 is 0 Å². The van der Waals surface area contributed by atoms with Crippen molar-refractivity contribution in [1.82, 2.24) is 9.97 Å². The number of Topliss-reactive ketones (excluding diaryl/α,β-unsaturated/α-hetero) is 1. The first-order chi connectivity index (χ1) is 11.3. The molecule has 4 nitrogen and oxygen atoms in total. The van der Waals surface area contributed by atoms with Gasteiger partial charge in [-0.3, -0.25) is 4.79 Å². The number of carbonyl (C=O) groups excluding carboxylic acids is 1. The Balaban J connectivity index is 1.70. The number of nitrogens with zero attached hydrogens (tertiary/aromatic N) is 2. The Hall–Kier alpha value is -2.45. The van der Waals surface area contributed by atoms with E-state index < -0.39 is 5.92 Å². The number of H-pyrrole nitrogens is 1. The van der Waals surface area contributed by atoms with Crippen molar-refractivity contribution in [3.8, 4) is 6.07 Å². The van der Waals surface area contributed by atoms with Crippen molar-refractivity contribution in [3.05, 3.63) is 51.5 Å². The van der Waals surface area contributed by atoms with Gasteiger partial charge in [0.15, 0.2) is 11.7 Å². The van der Waals surface area contributed by atoms with Gasteiger partial charge in [-0.2, -0.15) is 5.26 Å². The standard InChI is InChI=1S/C18H15N3OS/c19-10-12(18-20-13-6-2-3-7-14(13)21-18)17(22)16-9-11-5-1-4-8-15(11)23-16/h2-3,6-7,9,12H,1,4-5,8H2,(H,20,21). The van der Waals surface area contributed by atoms with Crippen molar-refractivity contribution in [2.75, 3.05) is 0 Å². The zero-order chi connectivity index (χ0) is 15.8. The summed E-state index contributed by atoms with van der Waals surface area (Å²) >= 11 is 1.55. The lowest BCUT2D eigenvalue weighted by molar-refractivity contribution is 0.0980. The normalized spacial score (nSPS) is 15.1. The van der Waals surface area contributed by atoms with Crippen LogP contribution in [0.25, 0.3) is 11.0 Å². The third-order valence-electron chi connectivity index (χ3n) is 4.31. The highest BCUT2D eigenvalue weighted by Gasteiger charge is 2.27. The van der Waals surface area contributed by atoms with Gasteiger partial charge in [-0.05, 0) is 49.4 Å². The Bertz CT molecular complexity index is 875. The van der Waals surface area contributed by atoms with E-state index in [9.17, 15) is 10.1 Å². The molecule has 23 heavy (non-hydrogen) atoms. The SMILES string of the molecule is N#CC(C(=O)c1cc2c(s1)CCCC2)c1nc2ccccc2[nH]1. The molecule has 0 amide bonds. The van der Waals surface area contributed by atoms with Crippen molar-refractivity contribution in [3.63, 3.8) is 0 Å². The molecule has 0 aliphatic heterocycles. The fraction of sp³-hybridized carbons (Fsp3) is 0.278. The van der Waals surface area contributed by atoms with Gasteiger partial charge in [0.25, 0.3) is 0 Å². The Morgan fingerprint density at radius 2 is 2.13 bits per heavy atom. The largest absolute Gasteiger partial charge is 0.340 e. The number of fused-ring (bicyclic) bond motifs is 2. The molecule has 0 saturated carbocycles. The zero-order valence-corrected chi connectivity index (χ0v) is 13.3. The molecule has 1 aromatic carbocycles. The molecule has 2 aromatic heterocycles. The predicted octanol–water partition coefficient (Wildman–Crippen LogP) is 3.99. The summed E-state index contributed by atoms with van der Waals surface area (Å²) in [5.41, 5.74) is 2.91. The maximum Gasteiger partial charge on any atom is 0.197 e. The number of aryl methyl sites for hydroxylation is 2. The molecule has 0 fully saturated rings. The average molecular weight is 321 g/mol. The van der Waals surface area contributed by atoms with Gasteiger partial charge >= 0.3 is 0 Å². The second-order valence-electron chi connectivity index (χ2n) is 5.83. The smallest absolute Gasteiger partial charge is 0.197 e. The summed E-state index contributed by atoms with van der Waals surface area (Å²) < 4.78 is 0. The van der Waals surface area contributed by atoms with Crippen molar-refractivity contribution >= 4 is 28.2 Å². The van der Waals surface area contributed by atoms with Gasteiger partial charge in [0.05, 0.1) is 22.0 Å². The summed E-state index contributed by atoms with van der Waals surface area (Å²) in [6.07, 6.45) is 4.46. The number of hydrogen-bond donors (Lipinski definition) is 1. The van der Waals surface area contributed by atoms with Crippen LogP contribution in [0, 0.1) is 11.3 Å². The third kappa shape index (κ3) is 2.45. The Morgan fingerprint density at radius 1 is 1.30 bits per heavy atom. The van der Waals surface area contributed by atoms with Crippen LogP contribution in [0.1, 0.15) is 44.7 Å². The zero-order valence-electron chi connectivity index (χ0n) is 12.5. The number of aromatic nitrogens is 2. The maximum absolute atomic E-state index is 12.8. The van der Waals surface area contributed by atoms with Gasteiger partial charge in [-0.15, -0.1) is 11.3 Å². The van der Waals surface area contributed by atoms with E-state index in [2.05, 4.69) is 16.0 Å². The van der Waals surface area contributed by atoms with Crippen molar-refractivity contribution < 1.29 is 4.79 Å². The van der Waals surface area contributed by atoms with E-state index in [1.165, 1.54) is 23.3 Å². The number of carbonyl (C=O) groups is 1. The van der Waals surface area contributed by atoms with Crippen LogP contribution in [0.2, 0.25) is 0 Å². The lowest BCUT2D eigenvalue weighted by Crippen LogP contribution is -2.11.